The van der Waals surface area contributed by atoms with Crippen molar-refractivity contribution in [2.45, 2.75) is 6.23 Å². The number of aliphatic hydroxyl groups excluding tert-OH is 1. The lowest BCUT2D eigenvalue weighted by molar-refractivity contribution is 0.227. The largest absolute Gasteiger partial charge is 0.373 e. The van der Waals surface area contributed by atoms with Crippen LogP contribution in [-0.2, 0) is 0 Å². The van der Waals surface area contributed by atoms with Crippen LogP contribution >= 0.6 is 34.8 Å². The van der Waals surface area contributed by atoms with Gasteiger partial charge in [-0.2, -0.15) is 0 Å². The number of benzene rings is 1. The van der Waals surface area contributed by atoms with Crippen molar-refractivity contribution in [1.29, 1.82) is 0 Å². The SMILES string of the molecule is OC(CCl)Nc1ccc(Cl)cc1Cl. The summed E-state index contributed by atoms with van der Waals surface area (Å²) in [5, 5.41) is 12.9. The van der Waals surface area contributed by atoms with Crippen LogP contribution in [-0.4, -0.2) is 17.2 Å². The molecular formula is C8H8Cl3NO. The van der Waals surface area contributed by atoms with E-state index in [1.165, 1.54) is 0 Å². The second-order valence-electron chi connectivity index (χ2n) is 2.44. The van der Waals surface area contributed by atoms with Gasteiger partial charge in [-0.15, -0.1) is 11.6 Å². The van der Waals surface area contributed by atoms with Gasteiger partial charge in [-0.25, -0.2) is 0 Å². The summed E-state index contributed by atoms with van der Waals surface area (Å²) in [6.45, 7) is 0. The Morgan fingerprint density at radius 3 is 2.62 bits per heavy atom. The van der Waals surface area contributed by atoms with Gasteiger partial charge in [0.25, 0.3) is 0 Å². The van der Waals surface area contributed by atoms with Gasteiger partial charge in [0.2, 0.25) is 0 Å². The molecule has 1 unspecified atom stereocenters. The van der Waals surface area contributed by atoms with Crippen LogP contribution in [0.1, 0.15) is 0 Å². The fraction of sp³-hybridized carbons (Fsp3) is 0.250. The molecule has 72 valence electrons. The van der Waals surface area contributed by atoms with Gasteiger partial charge in [0.05, 0.1) is 16.6 Å². The molecule has 0 heterocycles. The minimum absolute atomic E-state index is 0.0962. The molecule has 2 nitrogen and oxygen atoms in total. The number of hydrogen-bond donors (Lipinski definition) is 2. The molecule has 1 rings (SSSR count). The summed E-state index contributed by atoms with van der Waals surface area (Å²) in [6.07, 6.45) is -0.805. The van der Waals surface area contributed by atoms with Crippen LogP contribution in [0.15, 0.2) is 18.2 Å². The Kier molecular flexibility index (Phi) is 4.13. The highest BCUT2D eigenvalue weighted by molar-refractivity contribution is 6.36. The molecule has 0 bridgehead atoms. The molecule has 2 N–H and O–H groups in total. The zero-order valence-corrected chi connectivity index (χ0v) is 8.87. The van der Waals surface area contributed by atoms with Crippen LogP contribution in [0, 0.1) is 0 Å². The molecule has 1 aromatic rings. The van der Waals surface area contributed by atoms with E-state index in [0.29, 0.717) is 15.7 Å². The normalized spacial score (nSPS) is 12.6. The van der Waals surface area contributed by atoms with Crippen molar-refractivity contribution < 1.29 is 5.11 Å². The Bertz CT molecular complexity index is 293. The first-order valence-electron chi connectivity index (χ1n) is 3.59. The topological polar surface area (TPSA) is 32.3 Å². The van der Waals surface area contributed by atoms with Gasteiger partial charge < -0.3 is 10.4 Å². The van der Waals surface area contributed by atoms with E-state index < -0.39 is 6.23 Å². The molecule has 5 heteroatoms. The van der Waals surface area contributed by atoms with Crippen molar-refractivity contribution in [3.05, 3.63) is 28.2 Å². The van der Waals surface area contributed by atoms with E-state index in [1.54, 1.807) is 18.2 Å². The van der Waals surface area contributed by atoms with E-state index >= 15 is 0 Å². The second kappa shape index (κ2) is 4.91. The molecule has 1 atom stereocenters. The first-order valence-corrected chi connectivity index (χ1v) is 4.88. The minimum Gasteiger partial charge on any atom is -0.373 e. The Morgan fingerprint density at radius 2 is 2.08 bits per heavy atom. The van der Waals surface area contributed by atoms with Crippen molar-refractivity contribution in [3.8, 4) is 0 Å². The van der Waals surface area contributed by atoms with Gasteiger partial charge in [0, 0.05) is 5.02 Å². The Morgan fingerprint density at radius 1 is 1.38 bits per heavy atom. The maximum absolute atomic E-state index is 9.17. The van der Waals surface area contributed by atoms with Crippen LogP contribution in [0.2, 0.25) is 10.0 Å². The minimum atomic E-state index is -0.805. The number of hydrogen-bond acceptors (Lipinski definition) is 2. The number of nitrogens with one attached hydrogen (secondary N) is 1. The molecule has 0 saturated heterocycles. The third kappa shape index (κ3) is 3.24. The lowest BCUT2D eigenvalue weighted by atomic mass is 10.3. The lowest BCUT2D eigenvalue weighted by Gasteiger charge is -2.12. The van der Waals surface area contributed by atoms with E-state index in [9.17, 15) is 5.11 Å². The molecule has 0 aromatic heterocycles. The predicted molar refractivity (Wildman–Crippen MR) is 56.8 cm³/mol. The number of alkyl halides is 1. The van der Waals surface area contributed by atoms with Gasteiger partial charge in [-0.05, 0) is 18.2 Å². The van der Waals surface area contributed by atoms with Crippen LogP contribution in [0.4, 0.5) is 5.69 Å². The Balaban J connectivity index is 2.77. The third-order valence-electron chi connectivity index (χ3n) is 1.40. The molecule has 0 aliphatic heterocycles. The van der Waals surface area contributed by atoms with E-state index in [4.69, 9.17) is 34.8 Å². The summed E-state index contributed by atoms with van der Waals surface area (Å²) in [4.78, 5) is 0. The van der Waals surface area contributed by atoms with E-state index in [2.05, 4.69) is 5.32 Å². The average molecular weight is 241 g/mol. The van der Waals surface area contributed by atoms with Gasteiger partial charge in [-0.3, -0.25) is 0 Å². The van der Waals surface area contributed by atoms with Crippen LogP contribution in [0.3, 0.4) is 0 Å². The highest BCUT2D eigenvalue weighted by atomic mass is 35.5. The number of halogens is 3. The standard InChI is InChI=1S/C8H8Cl3NO/c9-4-8(13)12-7-2-1-5(10)3-6(7)11/h1-3,8,12-13H,4H2. The third-order valence-corrected chi connectivity index (χ3v) is 2.24. The molecule has 0 aliphatic carbocycles. The van der Waals surface area contributed by atoms with Gasteiger partial charge in [0.15, 0.2) is 0 Å². The van der Waals surface area contributed by atoms with Crippen molar-refractivity contribution >= 4 is 40.5 Å². The zero-order valence-electron chi connectivity index (χ0n) is 6.60. The molecular weight excluding hydrogens is 232 g/mol. The number of aliphatic hydroxyl groups is 1. The van der Waals surface area contributed by atoms with E-state index in [1.807, 2.05) is 0 Å². The molecule has 1 aromatic carbocycles. The number of anilines is 1. The Labute approximate surface area is 91.4 Å². The van der Waals surface area contributed by atoms with Gasteiger partial charge >= 0.3 is 0 Å². The summed E-state index contributed by atoms with van der Waals surface area (Å²) in [5.74, 6) is 0.0962. The fourth-order valence-electron chi connectivity index (χ4n) is 0.825. The summed E-state index contributed by atoms with van der Waals surface area (Å²) in [5.41, 5.74) is 0.610. The Hall–Kier alpha value is -0.150. The van der Waals surface area contributed by atoms with Crippen molar-refractivity contribution in [1.82, 2.24) is 0 Å². The average Bonchev–Trinajstić information content (AvgIpc) is 2.09. The first-order chi connectivity index (χ1) is 6.13. The molecule has 0 fully saturated rings. The molecule has 0 aliphatic rings. The first kappa shape index (κ1) is 10.9. The smallest absolute Gasteiger partial charge is 0.138 e. The summed E-state index contributed by atoms with van der Waals surface area (Å²) in [6, 6.07) is 4.95. The van der Waals surface area contributed by atoms with Gasteiger partial charge in [-0.1, -0.05) is 23.2 Å². The van der Waals surface area contributed by atoms with Crippen molar-refractivity contribution in [2.75, 3.05) is 11.2 Å². The van der Waals surface area contributed by atoms with Crippen LogP contribution < -0.4 is 5.32 Å². The summed E-state index contributed by atoms with van der Waals surface area (Å²) in [7, 11) is 0. The van der Waals surface area contributed by atoms with Crippen LogP contribution in [0.25, 0.3) is 0 Å². The van der Waals surface area contributed by atoms with E-state index in [0.717, 1.165) is 0 Å². The van der Waals surface area contributed by atoms with Crippen molar-refractivity contribution in [2.24, 2.45) is 0 Å². The highest BCUT2D eigenvalue weighted by Crippen LogP contribution is 2.25. The summed E-state index contributed by atoms with van der Waals surface area (Å²) < 4.78 is 0. The monoisotopic (exact) mass is 239 g/mol. The molecule has 0 saturated carbocycles. The molecule has 0 radical (unpaired) electrons. The molecule has 0 spiro atoms. The van der Waals surface area contributed by atoms with Gasteiger partial charge in [0.1, 0.15) is 6.23 Å². The number of rotatable bonds is 3. The molecule has 0 amide bonds. The fourth-order valence-corrected chi connectivity index (χ4v) is 1.36. The lowest BCUT2D eigenvalue weighted by Crippen LogP contribution is -2.20. The maximum Gasteiger partial charge on any atom is 0.138 e. The highest BCUT2D eigenvalue weighted by Gasteiger charge is 2.05. The predicted octanol–water partition coefficient (Wildman–Crippen LogP) is 2.96. The second-order valence-corrected chi connectivity index (χ2v) is 3.59. The molecule has 13 heavy (non-hydrogen) atoms. The summed E-state index contributed by atoms with van der Waals surface area (Å²) >= 11 is 16.9. The van der Waals surface area contributed by atoms with Crippen LogP contribution in [0.5, 0.6) is 0 Å². The zero-order chi connectivity index (χ0) is 9.84. The van der Waals surface area contributed by atoms with Crippen molar-refractivity contribution in [3.63, 3.8) is 0 Å². The quantitative estimate of drug-likeness (QED) is 0.629. The van der Waals surface area contributed by atoms with E-state index in [-0.39, 0.29) is 5.88 Å². The maximum atomic E-state index is 9.17.